The van der Waals surface area contributed by atoms with Gasteiger partial charge in [0, 0.05) is 43.7 Å². The maximum Gasteiger partial charge on any atom is 0.401 e. The van der Waals surface area contributed by atoms with Crippen molar-refractivity contribution in [1.82, 2.24) is 19.9 Å². The van der Waals surface area contributed by atoms with Gasteiger partial charge in [0.05, 0.1) is 17.0 Å². The lowest BCUT2D eigenvalue weighted by Gasteiger charge is -2.32. The van der Waals surface area contributed by atoms with Crippen LogP contribution in [0.15, 0.2) is 41.4 Å². The quantitative estimate of drug-likeness (QED) is 0.410. The Kier molecular flexibility index (Phi) is 7.89. The Morgan fingerprint density at radius 2 is 1.88 bits per heavy atom. The van der Waals surface area contributed by atoms with Crippen molar-refractivity contribution in [2.45, 2.75) is 36.5 Å². The van der Waals surface area contributed by atoms with Gasteiger partial charge in [-0.2, -0.15) is 17.5 Å². The molecule has 2 heterocycles. The van der Waals surface area contributed by atoms with Crippen molar-refractivity contribution in [3.05, 3.63) is 53.2 Å². The summed E-state index contributed by atoms with van der Waals surface area (Å²) in [6.45, 7) is -0.702. The average molecular weight is 499 g/mol. The smallest absolute Gasteiger partial charge is 0.383 e. The number of pyridine rings is 1. The summed E-state index contributed by atoms with van der Waals surface area (Å²) >= 11 is 0. The molecule has 1 aromatic heterocycles. The van der Waals surface area contributed by atoms with Crippen LogP contribution in [0.3, 0.4) is 0 Å². The number of sulfonamides is 1. The van der Waals surface area contributed by atoms with Crippen LogP contribution in [-0.2, 0) is 16.6 Å². The van der Waals surface area contributed by atoms with Crippen molar-refractivity contribution in [2.75, 3.05) is 25.4 Å². The Labute approximate surface area is 195 Å². The van der Waals surface area contributed by atoms with Gasteiger partial charge in [-0.3, -0.25) is 4.79 Å². The molecule has 1 saturated heterocycles. The van der Waals surface area contributed by atoms with Gasteiger partial charge in [-0.05, 0) is 36.6 Å². The van der Waals surface area contributed by atoms with E-state index in [1.807, 2.05) is 0 Å². The van der Waals surface area contributed by atoms with Crippen molar-refractivity contribution in [3.63, 3.8) is 0 Å². The zero-order chi connectivity index (χ0) is 24.9. The Balaban J connectivity index is 1.55. The number of nitrogens with zero attached hydrogens (tertiary/aromatic N) is 2. The number of anilines is 1. The lowest BCUT2D eigenvalue weighted by atomic mass is 10.1. The molecular formula is C21H25F3N6O3S. The first kappa shape index (κ1) is 25.6. The van der Waals surface area contributed by atoms with E-state index in [1.54, 1.807) is 12.1 Å². The molecule has 184 valence electrons. The third kappa shape index (κ3) is 6.52. The largest absolute Gasteiger partial charge is 0.401 e. The van der Waals surface area contributed by atoms with E-state index in [9.17, 15) is 26.4 Å². The number of carbonyl (C=O) groups excluding carboxylic acids is 1. The minimum Gasteiger partial charge on any atom is -0.383 e. The molecule has 0 atom stereocenters. The zero-order valence-corrected chi connectivity index (χ0v) is 18.9. The van der Waals surface area contributed by atoms with E-state index >= 15 is 0 Å². The van der Waals surface area contributed by atoms with Crippen LogP contribution in [-0.4, -0.2) is 61.7 Å². The second-order valence-electron chi connectivity index (χ2n) is 7.84. The molecule has 9 nitrogen and oxygen atoms in total. The highest BCUT2D eigenvalue weighted by molar-refractivity contribution is 7.89. The number of halogens is 3. The molecule has 0 radical (unpaired) electrons. The summed E-state index contributed by atoms with van der Waals surface area (Å²) in [6.07, 6.45) is -1.42. The van der Waals surface area contributed by atoms with Gasteiger partial charge in [-0.15, -0.1) is 0 Å². The van der Waals surface area contributed by atoms with Crippen LogP contribution >= 0.6 is 0 Å². The topological polar surface area (TPSA) is 141 Å². The lowest BCUT2D eigenvalue weighted by molar-refractivity contribution is -0.126. The number of aromatic nitrogens is 1. The van der Waals surface area contributed by atoms with Gasteiger partial charge >= 0.3 is 6.18 Å². The Bertz CT molecular complexity index is 1130. The van der Waals surface area contributed by atoms with Gasteiger partial charge in [0.15, 0.2) is 0 Å². The van der Waals surface area contributed by atoms with E-state index in [4.69, 9.17) is 11.1 Å². The number of rotatable bonds is 8. The second kappa shape index (κ2) is 10.5. The number of nitrogens with two attached hydrogens (primary N) is 1. The van der Waals surface area contributed by atoms with Gasteiger partial charge in [0.25, 0.3) is 5.91 Å². The van der Waals surface area contributed by atoms with Crippen LogP contribution < -0.4 is 16.4 Å². The molecule has 2 aromatic rings. The molecule has 3 rings (SSSR count). The molecule has 1 aliphatic heterocycles. The third-order valence-corrected chi connectivity index (χ3v) is 7.34. The first-order chi connectivity index (χ1) is 16.0. The average Bonchev–Trinajstić information content (AvgIpc) is 2.81. The number of amides is 1. The number of nitrogens with one attached hydrogen (secondary N) is 3. The summed E-state index contributed by atoms with van der Waals surface area (Å²) in [4.78, 5) is 16.3. The van der Waals surface area contributed by atoms with Crippen LogP contribution in [0, 0.1) is 5.41 Å². The normalized spacial score (nSPS) is 15.7. The van der Waals surface area contributed by atoms with E-state index in [0.717, 1.165) is 6.21 Å². The monoisotopic (exact) mass is 498 g/mol. The Morgan fingerprint density at radius 3 is 2.47 bits per heavy atom. The van der Waals surface area contributed by atoms with Crippen LogP contribution in [0.2, 0.25) is 0 Å². The summed E-state index contributed by atoms with van der Waals surface area (Å²) < 4.78 is 64.1. The van der Waals surface area contributed by atoms with E-state index in [2.05, 4.69) is 15.6 Å². The summed E-state index contributed by atoms with van der Waals surface area (Å²) in [5, 5.41) is 12.4. The Hall–Kier alpha value is -3.03. The number of hydrogen-bond donors (Lipinski definition) is 4. The fourth-order valence-electron chi connectivity index (χ4n) is 3.51. The summed E-state index contributed by atoms with van der Waals surface area (Å²) in [6, 6.07) is 7.09. The predicted octanol–water partition coefficient (Wildman–Crippen LogP) is 1.90. The molecule has 1 aliphatic rings. The molecule has 0 unspecified atom stereocenters. The highest BCUT2D eigenvalue weighted by atomic mass is 32.2. The molecule has 0 aliphatic carbocycles. The first-order valence-corrected chi connectivity index (χ1v) is 11.9. The number of piperidine rings is 1. The molecule has 1 aromatic carbocycles. The van der Waals surface area contributed by atoms with Gasteiger partial charge in [-0.1, -0.05) is 12.1 Å². The molecule has 5 N–H and O–H groups in total. The van der Waals surface area contributed by atoms with Crippen molar-refractivity contribution >= 4 is 28.0 Å². The third-order valence-electron chi connectivity index (χ3n) is 5.43. The standard InChI is InChI=1S/C21H25F3N6O3S/c22-21(23,24)13-29-17-5-7-30(8-6-17)34(32,33)18-3-1-14(2-4-18)11-28-20(31)16-9-15(10-25)19(26)27-12-16/h1-4,9-10,12,17,25,29H,5-8,11,13H2,(H2,26,27)(H,28,31). The van der Waals surface area contributed by atoms with Crippen molar-refractivity contribution in [2.24, 2.45) is 0 Å². The Morgan fingerprint density at radius 1 is 1.24 bits per heavy atom. The lowest BCUT2D eigenvalue weighted by Crippen LogP contribution is -2.46. The van der Waals surface area contributed by atoms with E-state index in [1.165, 1.54) is 28.7 Å². The minimum absolute atomic E-state index is 0.0719. The zero-order valence-electron chi connectivity index (χ0n) is 18.1. The van der Waals surface area contributed by atoms with E-state index in [0.29, 0.717) is 24.0 Å². The van der Waals surface area contributed by atoms with Crippen LogP contribution in [0.1, 0.15) is 34.3 Å². The highest BCUT2D eigenvalue weighted by Crippen LogP contribution is 2.22. The van der Waals surface area contributed by atoms with Crippen LogP contribution in [0.25, 0.3) is 0 Å². The number of carbonyl (C=O) groups is 1. The van der Waals surface area contributed by atoms with Gasteiger partial charge in [0.2, 0.25) is 10.0 Å². The molecule has 0 saturated carbocycles. The molecule has 0 spiro atoms. The van der Waals surface area contributed by atoms with E-state index < -0.39 is 28.7 Å². The number of alkyl halides is 3. The van der Waals surface area contributed by atoms with Gasteiger partial charge < -0.3 is 21.8 Å². The summed E-state index contributed by atoms with van der Waals surface area (Å²) in [5.74, 6) is -0.278. The minimum atomic E-state index is -4.31. The number of benzene rings is 1. The molecular weight excluding hydrogens is 473 g/mol. The van der Waals surface area contributed by atoms with Crippen LogP contribution in [0.5, 0.6) is 0 Å². The highest BCUT2D eigenvalue weighted by Gasteiger charge is 2.32. The van der Waals surface area contributed by atoms with Gasteiger partial charge in [0.1, 0.15) is 5.82 Å². The summed E-state index contributed by atoms with van der Waals surface area (Å²) in [7, 11) is -3.78. The fraction of sp³-hybridized carbons (Fsp3) is 0.381. The van der Waals surface area contributed by atoms with E-state index in [-0.39, 0.29) is 42.0 Å². The van der Waals surface area contributed by atoms with Crippen molar-refractivity contribution in [3.8, 4) is 0 Å². The van der Waals surface area contributed by atoms with Crippen molar-refractivity contribution < 1.29 is 26.4 Å². The number of nitrogen functional groups attached to an aromatic ring is 1. The van der Waals surface area contributed by atoms with Gasteiger partial charge in [-0.25, -0.2) is 13.4 Å². The first-order valence-electron chi connectivity index (χ1n) is 10.4. The maximum atomic E-state index is 12.9. The maximum absolute atomic E-state index is 12.9. The molecule has 34 heavy (non-hydrogen) atoms. The summed E-state index contributed by atoms with van der Waals surface area (Å²) in [5.41, 5.74) is 6.84. The molecule has 1 fully saturated rings. The van der Waals surface area contributed by atoms with Crippen LogP contribution in [0.4, 0.5) is 19.0 Å². The molecule has 13 heteroatoms. The van der Waals surface area contributed by atoms with Crippen molar-refractivity contribution in [1.29, 1.82) is 5.41 Å². The molecule has 0 bridgehead atoms. The molecule has 1 amide bonds. The predicted molar refractivity (Wildman–Crippen MR) is 120 cm³/mol. The second-order valence-corrected chi connectivity index (χ2v) is 9.78. The number of hydrogen-bond acceptors (Lipinski definition) is 7. The SMILES string of the molecule is N=Cc1cc(C(=O)NCc2ccc(S(=O)(=O)N3CCC(NCC(F)(F)F)CC3)cc2)cnc1N. The fourth-order valence-corrected chi connectivity index (χ4v) is 4.97.